The lowest BCUT2D eigenvalue weighted by Crippen LogP contribution is -2.41. The van der Waals surface area contributed by atoms with Gasteiger partial charge in [-0.3, -0.25) is 4.79 Å². The second-order valence-electron chi connectivity index (χ2n) is 6.47. The van der Waals surface area contributed by atoms with Crippen LogP contribution in [-0.2, 0) is 4.79 Å². The first-order valence-electron chi connectivity index (χ1n) is 8.34. The molecular weight excluding hydrogens is 322 g/mol. The molecule has 3 heterocycles. The highest BCUT2D eigenvalue weighted by molar-refractivity contribution is 7.13. The summed E-state index contributed by atoms with van der Waals surface area (Å²) in [6.45, 7) is 7.40. The molecule has 128 valence electrons. The Hall–Kier alpha value is -2.02. The molecule has 1 unspecified atom stereocenters. The first-order valence-corrected chi connectivity index (χ1v) is 9.22. The third kappa shape index (κ3) is 3.90. The van der Waals surface area contributed by atoms with Gasteiger partial charge >= 0.3 is 0 Å². The Balaban J connectivity index is 1.78. The van der Waals surface area contributed by atoms with E-state index in [1.807, 2.05) is 37.1 Å². The molecule has 2 aromatic heterocycles. The molecule has 1 saturated heterocycles. The molecule has 1 atom stereocenters. The topological polar surface area (TPSA) is 71.0 Å². The summed E-state index contributed by atoms with van der Waals surface area (Å²) in [6, 6.07) is 1.99. The Morgan fingerprint density at radius 2 is 2.25 bits per heavy atom. The molecule has 7 heteroatoms. The molecule has 1 amide bonds. The van der Waals surface area contributed by atoms with Crippen LogP contribution in [0.2, 0.25) is 0 Å². The number of hydrogen-bond donors (Lipinski definition) is 1. The average molecular weight is 345 g/mol. The van der Waals surface area contributed by atoms with E-state index in [-0.39, 0.29) is 17.7 Å². The van der Waals surface area contributed by atoms with Gasteiger partial charge in [0.05, 0.1) is 5.69 Å². The van der Waals surface area contributed by atoms with Gasteiger partial charge in [-0.15, -0.1) is 11.3 Å². The first-order chi connectivity index (χ1) is 11.5. The normalized spacial score (nSPS) is 18.0. The number of amides is 1. The van der Waals surface area contributed by atoms with E-state index in [0.29, 0.717) is 0 Å². The maximum Gasteiger partial charge on any atom is 0.225 e. The van der Waals surface area contributed by atoms with Gasteiger partial charge in [0.15, 0.2) is 5.13 Å². The quantitative estimate of drug-likeness (QED) is 0.920. The average Bonchev–Trinajstić information content (AvgIpc) is 3.06. The molecule has 3 rings (SSSR count). The number of thiazole rings is 1. The number of hydrogen-bond acceptors (Lipinski definition) is 6. The Bertz CT molecular complexity index is 701. The second kappa shape index (κ2) is 7.25. The largest absolute Gasteiger partial charge is 0.342 e. The number of anilines is 2. The number of carbonyl (C=O) groups is 1. The minimum Gasteiger partial charge on any atom is -0.342 e. The van der Waals surface area contributed by atoms with Crippen LogP contribution in [0, 0.1) is 12.8 Å². The van der Waals surface area contributed by atoms with E-state index in [4.69, 9.17) is 0 Å². The molecule has 0 radical (unpaired) electrons. The highest BCUT2D eigenvalue weighted by Crippen LogP contribution is 2.28. The standard InChI is InChI=1S/C17H23N5OS/c1-11(2)16(23)22-7-4-5-13(10-22)14-9-15(20-12(3)19-14)21-17-18-6-8-24-17/h6,8-9,11,13H,4-5,7,10H2,1-3H3,(H,18,19,20,21). The van der Waals surface area contributed by atoms with Gasteiger partial charge in [-0.1, -0.05) is 13.8 Å². The van der Waals surface area contributed by atoms with Crippen LogP contribution in [0.1, 0.15) is 44.1 Å². The molecule has 24 heavy (non-hydrogen) atoms. The zero-order valence-electron chi connectivity index (χ0n) is 14.3. The van der Waals surface area contributed by atoms with Crippen molar-refractivity contribution >= 4 is 28.2 Å². The lowest BCUT2D eigenvalue weighted by molar-refractivity contribution is -0.135. The van der Waals surface area contributed by atoms with Crippen LogP contribution in [0.4, 0.5) is 10.9 Å². The summed E-state index contributed by atoms with van der Waals surface area (Å²) in [7, 11) is 0. The third-order valence-electron chi connectivity index (χ3n) is 4.17. The highest BCUT2D eigenvalue weighted by Gasteiger charge is 2.27. The molecule has 2 aromatic rings. The molecule has 1 N–H and O–H groups in total. The molecule has 0 aromatic carbocycles. The third-order valence-corrected chi connectivity index (χ3v) is 4.86. The summed E-state index contributed by atoms with van der Waals surface area (Å²) in [6.07, 6.45) is 3.83. The summed E-state index contributed by atoms with van der Waals surface area (Å²) in [5, 5.41) is 5.98. The minimum atomic E-state index is 0.0398. The monoisotopic (exact) mass is 345 g/mol. The molecule has 6 nitrogen and oxygen atoms in total. The van der Waals surface area contributed by atoms with Gasteiger partial charge in [0.1, 0.15) is 11.6 Å². The van der Waals surface area contributed by atoms with Gasteiger partial charge in [0.2, 0.25) is 5.91 Å². The molecule has 0 bridgehead atoms. The molecule has 0 saturated carbocycles. The zero-order chi connectivity index (χ0) is 17.1. The van der Waals surface area contributed by atoms with Crippen molar-refractivity contribution in [3.63, 3.8) is 0 Å². The zero-order valence-corrected chi connectivity index (χ0v) is 15.1. The molecule has 1 aliphatic heterocycles. The Morgan fingerprint density at radius 3 is 2.96 bits per heavy atom. The predicted molar refractivity (Wildman–Crippen MR) is 95.6 cm³/mol. The Kier molecular flexibility index (Phi) is 5.08. The van der Waals surface area contributed by atoms with Crippen LogP contribution < -0.4 is 5.32 Å². The van der Waals surface area contributed by atoms with E-state index in [1.165, 1.54) is 11.3 Å². The Labute approximate surface area is 146 Å². The number of rotatable bonds is 4. The molecule has 0 aliphatic carbocycles. The van der Waals surface area contributed by atoms with Crippen LogP contribution in [-0.4, -0.2) is 38.8 Å². The van der Waals surface area contributed by atoms with Crippen molar-refractivity contribution in [1.29, 1.82) is 0 Å². The number of likely N-dealkylation sites (tertiary alicyclic amines) is 1. The van der Waals surface area contributed by atoms with Gasteiger partial charge in [0, 0.05) is 42.6 Å². The van der Waals surface area contributed by atoms with Crippen molar-refractivity contribution < 1.29 is 4.79 Å². The first kappa shape index (κ1) is 16.8. The maximum absolute atomic E-state index is 12.3. The molecular formula is C17H23N5OS. The van der Waals surface area contributed by atoms with E-state index >= 15 is 0 Å². The summed E-state index contributed by atoms with van der Waals surface area (Å²) in [4.78, 5) is 27.6. The van der Waals surface area contributed by atoms with Gasteiger partial charge in [0.25, 0.3) is 0 Å². The maximum atomic E-state index is 12.3. The number of aromatic nitrogens is 3. The summed E-state index contributed by atoms with van der Waals surface area (Å²) < 4.78 is 0. The van der Waals surface area contributed by atoms with E-state index in [1.54, 1.807) is 6.20 Å². The fraction of sp³-hybridized carbons (Fsp3) is 0.529. The van der Waals surface area contributed by atoms with E-state index in [2.05, 4.69) is 20.3 Å². The van der Waals surface area contributed by atoms with Crippen molar-refractivity contribution in [3.05, 3.63) is 29.2 Å². The number of nitrogens with one attached hydrogen (secondary N) is 1. The highest BCUT2D eigenvalue weighted by atomic mass is 32.1. The minimum absolute atomic E-state index is 0.0398. The van der Waals surface area contributed by atoms with E-state index in [9.17, 15) is 4.79 Å². The van der Waals surface area contributed by atoms with Crippen LogP contribution >= 0.6 is 11.3 Å². The van der Waals surface area contributed by atoms with Crippen LogP contribution in [0.5, 0.6) is 0 Å². The number of aryl methyl sites for hydroxylation is 1. The fourth-order valence-electron chi connectivity index (χ4n) is 3.04. The number of piperidine rings is 1. The summed E-state index contributed by atoms with van der Waals surface area (Å²) >= 11 is 1.54. The van der Waals surface area contributed by atoms with Crippen molar-refractivity contribution in [2.45, 2.75) is 39.5 Å². The van der Waals surface area contributed by atoms with Gasteiger partial charge in [-0.2, -0.15) is 0 Å². The number of nitrogens with zero attached hydrogens (tertiary/aromatic N) is 4. The smallest absolute Gasteiger partial charge is 0.225 e. The van der Waals surface area contributed by atoms with Crippen molar-refractivity contribution in [2.24, 2.45) is 5.92 Å². The molecule has 1 aliphatic rings. The van der Waals surface area contributed by atoms with E-state index in [0.717, 1.165) is 48.4 Å². The van der Waals surface area contributed by atoms with Crippen molar-refractivity contribution in [1.82, 2.24) is 19.9 Å². The predicted octanol–water partition coefficient (Wildman–Crippen LogP) is 3.35. The molecule has 1 fully saturated rings. The SMILES string of the molecule is Cc1nc(Nc2nccs2)cc(C2CCCN(C(=O)C(C)C)C2)n1. The van der Waals surface area contributed by atoms with E-state index < -0.39 is 0 Å². The fourth-order valence-corrected chi connectivity index (χ4v) is 3.58. The van der Waals surface area contributed by atoms with Crippen molar-refractivity contribution in [2.75, 3.05) is 18.4 Å². The van der Waals surface area contributed by atoms with Crippen LogP contribution in [0.3, 0.4) is 0 Å². The van der Waals surface area contributed by atoms with Gasteiger partial charge < -0.3 is 10.2 Å². The van der Waals surface area contributed by atoms with Crippen molar-refractivity contribution in [3.8, 4) is 0 Å². The van der Waals surface area contributed by atoms with Gasteiger partial charge in [-0.05, 0) is 19.8 Å². The van der Waals surface area contributed by atoms with Gasteiger partial charge in [-0.25, -0.2) is 15.0 Å². The lowest BCUT2D eigenvalue weighted by atomic mass is 9.93. The number of carbonyl (C=O) groups excluding carboxylic acids is 1. The van der Waals surface area contributed by atoms with Crippen LogP contribution in [0.25, 0.3) is 0 Å². The summed E-state index contributed by atoms with van der Waals surface area (Å²) in [5.74, 6) is 2.03. The second-order valence-corrected chi connectivity index (χ2v) is 7.36. The van der Waals surface area contributed by atoms with Crippen LogP contribution in [0.15, 0.2) is 17.6 Å². The molecule has 0 spiro atoms. The Morgan fingerprint density at radius 1 is 1.42 bits per heavy atom. The lowest BCUT2D eigenvalue weighted by Gasteiger charge is -2.33. The summed E-state index contributed by atoms with van der Waals surface area (Å²) in [5.41, 5.74) is 1.00.